The van der Waals surface area contributed by atoms with Gasteiger partial charge < -0.3 is 11.1 Å². The number of nitrogens with zero attached hydrogens (tertiary/aromatic N) is 1. The normalized spacial score (nSPS) is 11.5. The van der Waals surface area contributed by atoms with Crippen LogP contribution in [0.2, 0.25) is 0 Å². The zero-order valence-corrected chi connectivity index (χ0v) is 11.9. The molecule has 0 aliphatic carbocycles. The van der Waals surface area contributed by atoms with Gasteiger partial charge in [-0.1, -0.05) is 0 Å². The van der Waals surface area contributed by atoms with Crippen molar-refractivity contribution in [2.45, 2.75) is 18.4 Å². The van der Waals surface area contributed by atoms with Crippen molar-refractivity contribution in [3.63, 3.8) is 0 Å². The Morgan fingerprint density at radius 2 is 2.11 bits per heavy atom. The molecule has 5 N–H and O–H groups in total. The summed E-state index contributed by atoms with van der Waals surface area (Å²) in [5.74, 6) is 0. The number of aromatic nitrogens is 1. The van der Waals surface area contributed by atoms with E-state index in [2.05, 4.69) is 10.3 Å². The highest BCUT2D eigenvalue weighted by Gasteiger charge is 2.10. The fourth-order valence-electron chi connectivity index (χ4n) is 1.55. The molecule has 0 unspecified atom stereocenters. The Morgan fingerprint density at radius 3 is 2.68 bits per heavy atom. The van der Waals surface area contributed by atoms with Crippen LogP contribution in [-0.2, 0) is 16.6 Å². The minimum Gasteiger partial charge on any atom is -0.399 e. The summed E-state index contributed by atoms with van der Waals surface area (Å²) in [6, 6.07) is 4.43. The molecule has 19 heavy (non-hydrogen) atoms. The summed E-state index contributed by atoms with van der Waals surface area (Å²) >= 11 is 1.53. The van der Waals surface area contributed by atoms with Gasteiger partial charge in [-0.25, -0.2) is 18.5 Å². The minimum absolute atomic E-state index is 0.00896. The SMILES string of the molecule is Cc1csc(CNc2cc(N)cc(S(N)(=O)=O)c2)n1. The van der Waals surface area contributed by atoms with Crippen molar-refractivity contribution >= 4 is 32.7 Å². The minimum atomic E-state index is -3.76. The van der Waals surface area contributed by atoms with Crippen LogP contribution in [0.15, 0.2) is 28.5 Å². The Bertz CT molecular complexity index is 694. The molecule has 0 amide bonds. The number of nitrogens with two attached hydrogens (primary N) is 2. The van der Waals surface area contributed by atoms with Gasteiger partial charge in [-0.3, -0.25) is 0 Å². The van der Waals surface area contributed by atoms with Gasteiger partial charge in [-0.15, -0.1) is 11.3 Å². The summed E-state index contributed by atoms with van der Waals surface area (Å²) in [4.78, 5) is 4.29. The third kappa shape index (κ3) is 3.66. The lowest BCUT2D eigenvalue weighted by Crippen LogP contribution is -2.13. The molecular weight excluding hydrogens is 284 g/mol. The Balaban J connectivity index is 2.19. The maximum absolute atomic E-state index is 11.3. The second kappa shape index (κ2) is 5.16. The molecular formula is C11H14N4O2S2. The number of sulfonamides is 1. The van der Waals surface area contributed by atoms with E-state index in [1.54, 1.807) is 6.07 Å². The number of nitrogen functional groups attached to an aromatic ring is 1. The number of aryl methyl sites for hydroxylation is 1. The summed E-state index contributed by atoms with van der Waals surface area (Å²) in [5, 5.41) is 11.0. The molecule has 0 aliphatic heterocycles. The highest BCUT2D eigenvalue weighted by molar-refractivity contribution is 7.89. The number of nitrogens with one attached hydrogen (secondary N) is 1. The Labute approximate surface area is 115 Å². The van der Waals surface area contributed by atoms with Crippen LogP contribution in [-0.4, -0.2) is 13.4 Å². The predicted molar refractivity (Wildman–Crippen MR) is 76.4 cm³/mol. The van der Waals surface area contributed by atoms with Crippen molar-refractivity contribution in [3.8, 4) is 0 Å². The summed E-state index contributed by atoms with van der Waals surface area (Å²) in [6.45, 7) is 2.42. The van der Waals surface area contributed by atoms with Gasteiger partial charge in [0.25, 0.3) is 0 Å². The highest BCUT2D eigenvalue weighted by atomic mass is 32.2. The third-order valence-electron chi connectivity index (χ3n) is 2.37. The summed E-state index contributed by atoms with van der Waals surface area (Å²) in [5.41, 5.74) is 7.55. The average molecular weight is 298 g/mol. The van der Waals surface area contributed by atoms with Crippen molar-refractivity contribution in [1.29, 1.82) is 0 Å². The highest BCUT2D eigenvalue weighted by Crippen LogP contribution is 2.20. The molecule has 2 rings (SSSR count). The molecule has 102 valence electrons. The average Bonchev–Trinajstić information content (AvgIpc) is 2.71. The molecule has 0 aliphatic rings. The van der Waals surface area contributed by atoms with Crippen molar-refractivity contribution in [2.75, 3.05) is 11.1 Å². The molecule has 8 heteroatoms. The first kappa shape index (κ1) is 13.8. The topological polar surface area (TPSA) is 111 Å². The number of hydrogen-bond acceptors (Lipinski definition) is 6. The molecule has 0 radical (unpaired) electrons. The zero-order valence-electron chi connectivity index (χ0n) is 10.3. The fourth-order valence-corrected chi connectivity index (χ4v) is 2.85. The Hall–Kier alpha value is -1.64. The van der Waals surface area contributed by atoms with Gasteiger partial charge in [0.2, 0.25) is 10.0 Å². The van der Waals surface area contributed by atoms with Crippen LogP contribution in [0, 0.1) is 6.92 Å². The van der Waals surface area contributed by atoms with Gasteiger partial charge >= 0.3 is 0 Å². The van der Waals surface area contributed by atoms with E-state index < -0.39 is 10.0 Å². The van der Waals surface area contributed by atoms with Crippen molar-refractivity contribution in [3.05, 3.63) is 34.3 Å². The molecule has 0 spiro atoms. The monoisotopic (exact) mass is 298 g/mol. The number of primary sulfonamides is 1. The molecule has 0 saturated carbocycles. The molecule has 1 heterocycles. The maximum atomic E-state index is 11.3. The lowest BCUT2D eigenvalue weighted by Gasteiger charge is -2.08. The summed E-state index contributed by atoms with van der Waals surface area (Å²) < 4.78 is 22.6. The van der Waals surface area contributed by atoms with Gasteiger partial charge in [-0.2, -0.15) is 0 Å². The summed E-state index contributed by atoms with van der Waals surface area (Å²) in [6.07, 6.45) is 0. The van der Waals surface area contributed by atoms with Crippen LogP contribution >= 0.6 is 11.3 Å². The van der Waals surface area contributed by atoms with E-state index >= 15 is 0 Å². The van der Waals surface area contributed by atoms with E-state index in [9.17, 15) is 8.42 Å². The standard InChI is InChI=1S/C11H14N4O2S2/c1-7-6-18-11(15-7)5-14-9-2-8(12)3-10(4-9)19(13,16)17/h2-4,6,14H,5,12H2,1H3,(H2,13,16,17). The molecule has 0 fully saturated rings. The van der Waals surface area contributed by atoms with Crippen LogP contribution in [0.3, 0.4) is 0 Å². The second-order valence-corrected chi connectivity index (χ2v) is 6.58. The van der Waals surface area contributed by atoms with E-state index in [0.717, 1.165) is 10.7 Å². The van der Waals surface area contributed by atoms with Crippen LogP contribution in [0.4, 0.5) is 11.4 Å². The van der Waals surface area contributed by atoms with E-state index in [-0.39, 0.29) is 4.90 Å². The van der Waals surface area contributed by atoms with Crippen LogP contribution in [0.1, 0.15) is 10.7 Å². The second-order valence-electron chi connectivity index (χ2n) is 4.07. The van der Waals surface area contributed by atoms with Gasteiger partial charge in [0.15, 0.2) is 0 Å². The first-order valence-electron chi connectivity index (χ1n) is 5.43. The van der Waals surface area contributed by atoms with Crippen molar-refractivity contribution in [1.82, 2.24) is 4.98 Å². The number of rotatable bonds is 4. The maximum Gasteiger partial charge on any atom is 0.238 e. The molecule has 0 atom stereocenters. The number of benzene rings is 1. The third-order valence-corrected chi connectivity index (χ3v) is 4.23. The van der Waals surface area contributed by atoms with Crippen LogP contribution < -0.4 is 16.2 Å². The van der Waals surface area contributed by atoms with E-state index in [4.69, 9.17) is 10.9 Å². The van der Waals surface area contributed by atoms with Gasteiger partial charge in [-0.05, 0) is 25.1 Å². The fraction of sp³-hybridized carbons (Fsp3) is 0.182. The van der Waals surface area contributed by atoms with Gasteiger partial charge in [0.1, 0.15) is 5.01 Å². The smallest absolute Gasteiger partial charge is 0.238 e. The number of anilines is 2. The molecule has 1 aromatic carbocycles. The van der Waals surface area contributed by atoms with Gasteiger partial charge in [0, 0.05) is 22.4 Å². The number of hydrogen-bond donors (Lipinski definition) is 3. The van der Waals surface area contributed by atoms with Crippen molar-refractivity contribution in [2.24, 2.45) is 5.14 Å². The first-order valence-corrected chi connectivity index (χ1v) is 7.85. The lowest BCUT2D eigenvalue weighted by atomic mass is 10.3. The van der Waals surface area contributed by atoms with Crippen molar-refractivity contribution < 1.29 is 8.42 Å². The molecule has 6 nitrogen and oxygen atoms in total. The Kier molecular flexibility index (Phi) is 3.74. The molecule has 0 saturated heterocycles. The lowest BCUT2D eigenvalue weighted by molar-refractivity contribution is 0.598. The largest absolute Gasteiger partial charge is 0.399 e. The molecule has 2 aromatic rings. The predicted octanol–water partition coefficient (Wildman–Crippen LogP) is 1.29. The van der Waals surface area contributed by atoms with Gasteiger partial charge in [0.05, 0.1) is 11.4 Å². The Morgan fingerprint density at radius 1 is 1.37 bits per heavy atom. The first-order chi connectivity index (χ1) is 8.84. The van der Waals surface area contributed by atoms with E-state index in [1.165, 1.54) is 23.5 Å². The summed E-state index contributed by atoms with van der Waals surface area (Å²) in [7, 11) is -3.76. The van der Waals surface area contributed by atoms with E-state index in [0.29, 0.717) is 17.9 Å². The van der Waals surface area contributed by atoms with Crippen LogP contribution in [0.5, 0.6) is 0 Å². The molecule has 0 bridgehead atoms. The van der Waals surface area contributed by atoms with E-state index in [1.807, 2.05) is 12.3 Å². The van der Waals surface area contributed by atoms with Crippen LogP contribution in [0.25, 0.3) is 0 Å². The quantitative estimate of drug-likeness (QED) is 0.737. The zero-order chi connectivity index (χ0) is 14.0. The molecule has 1 aromatic heterocycles. The number of thiazole rings is 1.